The molecular weight excluding hydrogens is 1950 g/mol. The van der Waals surface area contributed by atoms with Gasteiger partial charge < -0.3 is 198 Å². The molecule has 3 aliphatic heterocycles. The molecule has 0 spiro atoms. The van der Waals surface area contributed by atoms with Crippen molar-refractivity contribution in [1.29, 1.82) is 0 Å². The Morgan fingerprint density at radius 2 is 0.741 bits per heavy atom. The lowest BCUT2D eigenvalue weighted by molar-refractivity contribution is -0.234. The number of unbranched alkanes of at least 4 members (excludes halogenated alkanes) is 4. The smallest absolute Gasteiger partial charge is 0.264 e. The Balaban J connectivity index is 1.35. The van der Waals surface area contributed by atoms with E-state index in [4.69, 9.17) is 18.8 Å². The van der Waals surface area contributed by atoms with Crippen molar-refractivity contribution in [3.8, 4) is 0 Å². The quantitative estimate of drug-likeness (QED) is 0.0122. The molecule has 3 saturated heterocycles. The molecule has 37 N–H and O–H groups in total. The van der Waals surface area contributed by atoms with Crippen LogP contribution in [-0.4, -0.2) is 459 Å². The molecule has 0 aromatic carbocycles. The molecule has 0 amide bonds. The highest BCUT2D eigenvalue weighted by molar-refractivity contribution is 7.85. The summed E-state index contributed by atoms with van der Waals surface area (Å²) in [5, 5.41) is 389. The van der Waals surface area contributed by atoms with Crippen LogP contribution >= 0.6 is 0 Å². The zero-order valence-corrected chi connectivity index (χ0v) is 85.8. The highest BCUT2D eigenvalue weighted by atomic mass is 32.2. The first-order valence-electron chi connectivity index (χ1n) is 51.3. The fraction of sp³-hybridized carbons (Fsp3) is 0.769. The Labute approximate surface area is 863 Å². The van der Waals surface area contributed by atoms with Crippen LogP contribution in [0.25, 0.3) is 0 Å². The maximum absolute atomic E-state index is 11.2. The van der Waals surface area contributed by atoms with Gasteiger partial charge in [-0.15, -0.1) is 6.58 Å². The minimum absolute atomic E-state index is 0.0115. The molecule has 0 aromatic rings. The van der Waals surface area contributed by atoms with Crippen LogP contribution in [0, 0.1) is 11.8 Å². The van der Waals surface area contributed by atoms with Crippen molar-refractivity contribution in [2.75, 3.05) is 5.75 Å². The largest absolute Gasteiger partial charge is 0.393 e. The number of hydrogen-bond acceptors (Lipinski definition) is 41. The van der Waals surface area contributed by atoms with Crippen molar-refractivity contribution in [1.82, 2.24) is 0 Å². The number of hydrogen-bond donors (Lipinski definition) is 37. The zero-order valence-electron chi connectivity index (χ0n) is 85.0. The molecule has 44 atom stereocenters. The fourth-order valence-corrected chi connectivity index (χ4v) is 18.2. The second kappa shape index (κ2) is 71.4. The molecule has 3 fully saturated rings. The molecule has 42 nitrogen and oxygen atoms in total. The summed E-state index contributed by atoms with van der Waals surface area (Å²) < 4.78 is 47.9. The molecule has 3 rings (SSSR count). The summed E-state index contributed by atoms with van der Waals surface area (Å²) in [4.78, 5) is 0. The van der Waals surface area contributed by atoms with Crippen LogP contribution in [0.2, 0.25) is 0 Å². The van der Waals surface area contributed by atoms with E-state index in [1.807, 2.05) is 0 Å². The fourth-order valence-electron chi connectivity index (χ4n) is 17.6. The lowest BCUT2D eigenvalue weighted by atomic mass is 9.86. The summed E-state index contributed by atoms with van der Waals surface area (Å²) in [6.45, 7) is 17.0. The predicted molar refractivity (Wildman–Crippen MR) is 540 cm³/mol. The molecule has 43 heteroatoms. The Morgan fingerprint density at radius 1 is 0.340 bits per heavy atom. The SMILES string of the molecule is C=CCCC(O)/C=C/C=C/C(O)CC/C=C/C(O)C(O)C1OC(C(O)C(O)C(=C)CCC(O)C2CC(O)C(O)C(C(O)C(O)/C=C(\C)CCC(O)CC(O)C(O)C(C)C(O)C(O)C/C=C/CC(O)/C=C/CC(O)CC/C=C/C(O)C(O)CC(O)C(O)C(O)C(=C)CCC(O)C3CC(O)C(O)C(C(O)C(O)/C=C(\C)CCC(O)CC(O)C(O)C(C)C(O)C(O)CCCCC(O)/C=C/CCCCCS(=O)(=O)O)O3)O2)CC(O)C1O. The van der Waals surface area contributed by atoms with Crippen LogP contribution in [0.3, 0.4) is 0 Å². The van der Waals surface area contributed by atoms with Gasteiger partial charge in [0.25, 0.3) is 10.1 Å². The first kappa shape index (κ1) is 136. The van der Waals surface area contributed by atoms with Gasteiger partial charge in [0.2, 0.25) is 0 Å². The summed E-state index contributed by atoms with van der Waals surface area (Å²) >= 11 is 0. The molecule has 854 valence electrons. The molecule has 44 unspecified atom stereocenters. The summed E-state index contributed by atoms with van der Waals surface area (Å²) in [6, 6.07) is 0. The normalized spacial score (nSPS) is 27.7. The summed E-state index contributed by atoms with van der Waals surface area (Å²) in [5.41, 5.74) is 0.667. The second-order valence-corrected chi connectivity index (χ2v) is 41.9. The van der Waals surface area contributed by atoms with Gasteiger partial charge in [-0.05, 0) is 166 Å². The van der Waals surface area contributed by atoms with Gasteiger partial charge in [-0.2, -0.15) is 8.42 Å². The second-order valence-electron chi connectivity index (χ2n) is 40.4. The average molecular weight is 2130 g/mol. The molecule has 3 heterocycles. The van der Waals surface area contributed by atoms with Gasteiger partial charge in [0.15, 0.2) is 0 Å². The van der Waals surface area contributed by atoms with E-state index in [1.54, 1.807) is 43.4 Å². The van der Waals surface area contributed by atoms with E-state index in [0.29, 0.717) is 68.9 Å². The third kappa shape index (κ3) is 51.2. The van der Waals surface area contributed by atoms with Gasteiger partial charge >= 0.3 is 0 Å². The van der Waals surface area contributed by atoms with Gasteiger partial charge in [-0.1, -0.05) is 161 Å². The minimum atomic E-state index is -4.00. The minimum Gasteiger partial charge on any atom is -0.393 e. The van der Waals surface area contributed by atoms with Gasteiger partial charge in [0.05, 0.1) is 164 Å². The van der Waals surface area contributed by atoms with Crippen molar-refractivity contribution in [2.24, 2.45) is 11.8 Å². The van der Waals surface area contributed by atoms with E-state index >= 15 is 0 Å². The van der Waals surface area contributed by atoms with Crippen LogP contribution in [0.4, 0.5) is 0 Å². The van der Waals surface area contributed by atoms with Gasteiger partial charge in [-0.25, -0.2) is 0 Å². The van der Waals surface area contributed by atoms with Crippen LogP contribution in [-0.2, 0) is 24.3 Å². The Bertz CT molecular complexity index is 4000. The monoisotopic (exact) mass is 2130 g/mol. The Morgan fingerprint density at radius 3 is 1.23 bits per heavy atom. The van der Waals surface area contributed by atoms with Crippen LogP contribution < -0.4 is 0 Å². The zero-order chi connectivity index (χ0) is 111. The molecule has 0 aliphatic carbocycles. The summed E-state index contributed by atoms with van der Waals surface area (Å²) in [5.74, 6) is -2.48. The van der Waals surface area contributed by atoms with Crippen LogP contribution in [0.15, 0.2) is 145 Å². The maximum Gasteiger partial charge on any atom is 0.264 e. The van der Waals surface area contributed by atoms with Gasteiger partial charge in [0, 0.05) is 50.4 Å². The average Bonchev–Trinajstić information content (AvgIpc) is 0.808. The molecule has 147 heavy (non-hydrogen) atoms. The van der Waals surface area contributed by atoms with Crippen molar-refractivity contribution in [3.63, 3.8) is 0 Å². The first-order valence-corrected chi connectivity index (χ1v) is 53.0. The van der Waals surface area contributed by atoms with Crippen LogP contribution in [0.5, 0.6) is 0 Å². The van der Waals surface area contributed by atoms with Gasteiger partial charge in [-0.3, -0.25) is 4.55 Å². The van der Waals surface area contributed by atoms with Crippen molar-refractivity contribution in [3.05, 3.63) is 145 Å². The van der Waals surface area contributed by atoms with E-state index < -0.39 is 298 Å². The van der Waals surface area contributed by atoms with Crippen molar-refractivity contribution < 1.29 is 211 Å². The third-order valence-electron chi connectivity index (χ3n) is 27.6. The Kier molecular flexibility index (Phi) is 66.2. The lowest BCUT2D eigenvalue weighted by Crippen LogP contribution is -2.59. The standard InChI is InChI=1S/C104H180O42S/c1-8-9-26-63(105)28-14-15-29-65(107)31-19-23-39-75(117)95(134)102-100(139)84(126)56-87(146-102)101(140)89(128)60(5)43-47-72(114)86-55-83(125)99(138)104(145-86)97(136)78(120)50-58(3)41-45-69(111)52-80(122)93(132)62(7)91(130)74(116)38-22-18-33-67(109)35-25-34-66(108)32-16-20-36-70(112)76(118)53-81(123)94(133)88(127)59(4)42-46-71(113)85-54-82(124)98(137)103(144-85)96(135)77(119)49-57(2)40-44-68(110)51-79(121)92(131)61(6)90(129)73(115)37-21-17-30-64(106)27-13-11-10-12-24-48-147(141,142)143/h8,13-15,18,20,22-23,25,27-29,35-36,39,49-50,61-140H,1,4-5,9-12,16-17,19,21,24,26,30-34,37-38,40-48,51-56H2,2-3,6-7H3,(H,141,142,143)/b22-18+,27-13+,28-14+,29-15+,35-25+,36-20+,39-23+,57-49+,58-50+. The van der Waals surface area contributed by atoms with E-state index in [0.717, 1.165) is 0 Å². The van der Waals surface area contributed by atoms with Gasteiger partial charge in [0.1, 0.15) is 97.7 Å². The predicted octanol–water partition coefficient (Wildman–Crippen LogP) is -3.38. The van der Waals surface area contributed by atoms with E-state index in [9.17, 15) is 192 Å². The molecule has 0 aromatic heterocycles. The summed E-state index contributed by atoms with van der Waals surface area (Å²) in [6.07, 6.45) is -36.8. The van der Waals surface area contributed by atoms with Crippen LogP contribution in [0.1, 0.15) is 227 Å². The number of allylic oxidation sites excluding steroid dienone is 8. The summed E-state index contributed by atoms with van der Waals surface area (Å²) in [7, 11) is -4.00. The number of aliphatic hydroxyl groups is 36. The topological polar surface area (TPSA) is 810 Å². The highest BCUT2D eigenvalue weighted by Crippen LogP contribution is 2.36. The highest BCUT2D eigenvalue weighted by Gasteiger charge is 2.49. The molecule has 0 saturated carbocycles. The number of ether oxygens (including phenoxy) is 3. The number of rotatable bonds is 76. The maximum atomic E-state index is 11.2. The van der Waals surface area contributed by atoms with E-state index in [-0.39, 0.29) is 139 Å². The van der Waals surface area contributed by atoms with E-state index in [1.165, 1.54) is 87.6 Å². The Hall–Kier alpha value is -4.77. The molecule has 3 aliphatic rings. The molecule has 0 bridgehead atoms. The van der Waals surface area contributed by atoms with Crippen molar-refractivity contribution in [2.45, 2.75) is 483 Å². The van der Waals surface area contributed by atoms with Crippen molar-refractivity contribution >= 4 is 10.1 Å². The third-order valence-corrected chi connectivity index (χ3v) is 28.4. The van der Waals surface area contributed by atoms with E-state index in [2.05, 4.69) is 19.7 Å². The lowest BCUT2D eigenvalue weighted by Gasteiger charge is -2.42. The number of aliphatic hydroxyl groups excluding tert-OH is 36. The molecule has 0 radical (unpaired) electrons. The first-order chi connectivity index (χ1) is 68.9. The molecular formula is C104H180O42S.